The normalized spacial score (nSPS) is 10.2. The summed E-state index contributed by atoms with van der Waals surface area (Å²) in [7, 11) is 0. The zero-order valence-corrected chi connectivity index (χ0v) is 11.1. The summed E-state index contributed by atoms with van der Waals surface area (Å²) in [6.07, 6.45) is 0.251. The molecule has 1 amide bonds. The molecular weight excluding hydrogens is 260 g/mol. The fourth-order valence-electron chi connectivity index (χ4n) is 1.50. The maximum atomic E-state index is 11.6. The first kappa shape index (κ1) is 13.9. The highest BCUT2D eigenvalue weighted by atomic mass is 16.5. The number of ether oxygens (including phenoxy) is 1. The lowest BCUT2D eigenvalue weighted by molar-refractivity contribution is -0.121. The van der Waals surface area contributed by atoms with Crippen molar-refractivity contribution in [2.75, 3.05) is 12.3 Å². The number of aromatic nitrogens is 2. The van der Waals surface area contributed by atoms with Crippen molar-refractivity contribution in [3.63, 3.8) is 0 Å². The number of nitrogens with zero attached hydrogens (tertiary/aromatic N) is 2. The molecule has 0 atom stereocenters. The van der Waals surface area contributed by atoms with Gasteiger partial charge in [-0.25, -0.2) is 0 Å². The summed E-state index contributed by atoms with van der Waals surface area (Å²) in [4.78, 5) is 15.6. The minimum absolute atomic E-state index is 0.136. The maximum absolute atomic E-state index is 11.6. The molecule has 0 saturated heterocycles. The van der Waals surface area contributed by atoms with Crippen molar-refractivity contribution in [2.45, 2.75) is 19.9 Å². The van der Waals surface area contributed by atoms with Crippen LogP contribution in [0.4, 0.5) is 5.69 Å². The molecule has 0 fully saturated rings. The topological polar surface area (TPSA) is 103 Å². The summed E-state index contributed by atoms with van der Waals surface area (Å²) in [6, 6.07) is 7.01. The van der Waals surface area contributed by atoms with Gasteiger partial charge in [0.1, 0.15) is 5.75 Å². The Morgan fingerprint density at radius 1 is 1.40 bits per heavy atom. The van der Waals surface area contributed by atoms with Gasteiger partial charge in [0.05, 0.1) is 19.6 Å². The lowest BCUT2D eigenvalue weighted by atomic mass is 10.3. The number of anilines is 1. The average molecular weight is 276 g/mol. The van der Waals surface area contributed by atoms with E-state index in [9.17, 15) is 4.79 Å². The number of rotatable bonds is 6. The number of nitrogens with one attached hydrogen (secondary N) is 1. The van der Waals surface area contributed by atoms with Crippen LogP contribution >= 0.6 is 0 Å². The lowest BCUT2D eigenvalue weighted by Crippen LogP contribution is -2.24. The Balaban J connectivity index is 1.66. The van der Waals surface area contributed by atoms with Gasteiger partial charge < -0.3 is 20.3 Å². The zero-order valence-electron chi connectivity index (χ0n) is 11.1. The highest BCUT2D eigenvalue weighted by Crippen LogP contribution is 2.13. The molecule has 1 aromatic heterocycles. The summed E-state index contributed by atoms with van der Waals surface area (Å²) in [5.74, 6) is 1.47. The average Bonchev–Trinajstić information content (AvgIpc) is 2.85. The van der Waals surface area contributed by atoms with Crippen molar-refractivity contribution in [3.05, 3.63) is 36.0 Å². The number of hydrogen-bond donors (Lipinski definition) is 2. The van der Waals surface area contributed by atoms with E-state index in [-0.39, 0.29) is 18.9 Å². The minimum Gasteiger partial charge on any atom is -0.493 e. The van der Waals surface area contributed by atoms with Gasteiger partial charge >= 0.3 is 0 Å². The second kappa shape index (κ2) is 6.55. The zero-order chi connectivity index (χ0) is 14.4. The first-order valence-corrected chi connectivity index (χ1v) is 6.18. The van der Waals surface area contributed by atoms with E-state index in [2.05, 4.69) is 15.5 Å². The highest BCUT2D eigenvalue weighted by molar-refractivity contribution is 5.75. The number of nitrogens with two attached hydrogens (primary N) is 1. The highest BCUT2D eigenvalue weighted by Gasteiger charge is 2.05. The first-order chi connectivity index (χ1) is 9.63. The minimum atomic E-state index is -0.136. The van der Waals surface area contributed by atoms with Gasteiger partial charge in [-0.3, -0.25) is 4.79 Å². The van der Waals surface area contributed by atoms with Gasteiger partial charge in [0.2, 0.25) is 11.8 Å². The number of aryl methyl sites for hydroxylation is 1. The molecule has 2 aromatic rings. The molecule has 0 spiro atoms. The quantitative estimate of drug-likeness (QED) is 0.764. The summed E-state index contributed by atoms with van der Waals surface area (Å²) >= 11 is 0. The molecule has 0 unspecified atom stereocenters. The Morgan fingerprint density at radius 3 is 2.80 bits per heavy atom. The molecule has 0 aliphatic rings. The molecule has 20 heavy (non-hydrogen) atoms. The van der Waals surface area contributed by atoms with Crippen LogP contribution in [0.2, 0.25) is 0 Å². The molecule has 0 bridgehead atoms. The third-order valence-corrected chi connectivity index (χ3v) is 2.49. The van der Waals surface area contributed by atoms with E-state index >= 15 is 0 Å². The third-order valence-electron chi connectivity index (χ3n) is 2.49. The van der Waals surface area contributed by atoms with Crippen molar-refractivity contribution in [3.8, 4) is 5.75 Å². The van der Waals surface area contributed by atoms with Gasteiger partial charge in [-0.2, -0.15) is 4.98 Å². The molecule has 0 aliphatic carbocycles. The first-order valence-electron chi connectivity index (χ1n) is 6.18. The van der Waals surface area contributed by atoms with Crippen molar-refractivity contribution < 1.29 is 14.1 Å². The second-order valence-corrected chi connectivity index (χ2v) is 4.17. The maximum Gasteiger partial charge on any atom is 0.223 e. The Kier molecular flexibility index (Phi) is 4.54. The smallest absolute Gasteiger partial charge is 0.223 e. The van der Waals surface area contributed by atoms with E-state index in [1.807, 2.05) is 0 Å². The Morgan fingerprint density at radius 2 is 2.15 bits per heavy atom. The second-order valence-electron chi connectivity index (χ2n) is 4.17. The van der Waals surface area contributed by atoms with Crippen molar-refractivity contribution >= 4 is 11.6 Å². The Bertz CT molecular complexity index is 565. The molecule has 106 valence electrons. The number of hydrogen-bond acceptors (Lipinski definition) is 6. The summed E-state index contributed by atoms with van der Waals surface area (Å²) < 4.78 is 10.2. The number of carbonyl (C=O) groups is 1. The van der Waals surface area contributed by atoms with Crippen molar-refractivity contribution in [1.29, 1.82) is 0 Å². The van der Waals surface area contributed by atoms with Gasteiger partial charge in [0, 0.05) is 12.6 Å². The molecule has 0 aliphatic heterocycles. The van der Waals surface area contributed by atoms with E-state index < -0.39 is 0 Å². The Labute approximate surface area is 116 Å². The van der Waals surface area contributed by atoms with Crippen LogP contribution in [0.25, 0.3) is 0 Å². The fourth-order valence-corrected chi connectivity index (χ4v) is 1.50. The van der Waals surface area contributed by atoms with Crippen molar-refractivity contribution in [2.24, 2.45) is 0 Å². The molecule has 1 heterocycles. The molecule has 1 aromatic carbocycles. The largest absolute Gasteiger partial charge is 0.493 e. The molecule has 0 radical (unpaired) electrons. The number of benzene rings is 1. The molecule has 2 rings (SSSR count). The summed E-state index contributed by atoms with van der Waals surface area (Å²) in [5, 5.41) is 6.36. The van der Waals surface area contributed by atoms with Crippen LogP contribution in [0, 0.1) is 6.92 Å². The molecule has 0 saturated carbocycles. The third kappa shape index (κ3) is 4.27. The monoisotopic (exact) mass is 276 g/mol. The molecule has 3 N–H and O–H groups in total. The van der Waals surface area contributed by atoms with E-state index in [0.717, 1.165) is 0 Å². The van der Waals surface area contributed by atoms with Crippen LogP contribution < -0.4 is 15.8 Å². The van der Waals surface area contributed by atoms with Crippen LogP contribution in [-0.2, 0) is 11.3 Å². The molecule has 7 heteroatoms. The fraction of sp³-hybridized carbons (Fsp3) is 0.308. The van der Waals surface area contributed by atoms with Crippen molar-refractivity contribution in [1.82, 2.24) is 15.5 Å². The van der Waals surface area contributed by atoms with E-state index in [1.54, 1.807) is 31.2 Å². The van der Waals surface area contributed by atoms with Gasteiger partial charge in [-0.05, 0) is 24.3 Å². The van der Waals surface area contributed by atoms with Gasteiger partial charge in [0.25, 0.3) is 0 Å². The van der Waals surface area contributed by atoms with Crippen LogP contribution in [0.1, 0.15) is 18.1 Å². The SMILES string of the molecule is Cc1nc(CNC(=O)CCOc2ccc(N)cc2)no1. The number of nitrogen functional groups attached to an aromatic ring is 1. The van der Waals surface area contributed by atoms with Gasteiger partial charge in [-0.1, -0.05) is 5.16 Å². The van der Waals surface area contributed by atoms with E-state index in [1.165, 1.54) is 0 Å². The Hall–Kier alpha value is -2.57. The standard InChI is InChI=1S/C13H16N4O3/c1-9-16-12(17-20-9)8-15-13(18)6-7-19-11-4-2-10(14)3-5-11/h2-5H,6-8,14H2,1H3,(H,15,18). The van der Waals surface area contributed by atoms with Crippen LogP contribution in [0.15, 0.2) is 28.8 Å². The predicted octanol–water partition coefficient (Wildman–Crippen LogP) is 1.05. The van der Waals surface area contributed by atoms with Crippen LogP contribution in [0.5, 0.6) is 5.75 Å². The predicted molar refractivity (Wildman–Crippen MR) is 71.8 cm³/mol. The number of carbonyl (C=O) groups excluding carboxylic acids is 1. The van der Waals surface area contributed by atoms with E-state index in [4.69, 9.17) is 15.0 Å². The lowest BCUT2D eigenvalue weighted by Gasteiger charge is -2.06. The summed E-state index contributed by atoms with van der Waals surface area (Å²) in [6.45, 7) is 2.23. The number of amides is 1. The van der Waals surface area contributed by atoms with Crippen LogP contribution in [-0.4, -0.2) is 22.7 Å². The molecule has 7 nitrogen and oxygen atoms in total. The van der Waals surface area contributed by atoms with Crippen LogP contribution in [0.3, 0.4) is 0 Å². The van der Waals surface area contributed by atoms with E-state index in [0.29, 0.717) is 29.8 Å². The summed E-state index contributed by atoms with van der Waals surface area (Å²) in [5.41, 5.74) is 6.23. The van der Waals surface area contributed by atoms with Gasteiger partial charge in [0.15, 0.2) is 5.82 Å². The molecular formula is C13H16N4O3. The van der Waals surface area contributed by atoms with Gasteiger partial charge in [-0.15, -0.1) is 0 Å².